The topological polar surface area (TPSA) is 50.8 Å². The molecule has 1 amide bonds. The molecule has 0 radical (unpaired) electrons. The number of amides is 1. The third-order valence-corrected chi connectivity index (χ3v) is 3.54. The lowest BCUT2D eigenvalue weighted by Gasteiger charge is -2.35. The molecule has 0 aromatic heterocycles. The van der Waals surface area contributed by atoms with Crippen LogP contribution < -0.4 is 5.32 Å². The highest BCUT2D eigenvalue weighted by Crippen LogP contribution is 2.25. The van der Waals surface area contributed by atoms with Crippen LogP contribution in [0, 0.1) is 5.41 Å². The number of methoxy groups -OCH3 is 1. The minimum Gasteiger partial charge on any atom is -0.359 e. The molecule has 1 aliphatic heterocycles. The Hall–Kier alpha value is -0.650. The first-order chi connectivity index (χ1) is 8.88. The van der Waals surface area contributed by atoms with Crippen molar-refractivity contribution < 1.29 is 14.3 Å². The number of ether oxygens (including phenoxy) is 2. The molecule has 5 heteroatoms. The fourth-order valence-corrected chi connectivity index (χ4v) is 2.46. The van der Waals surface area contributed by atoms with Crippen molar-refractivity contribution in [3.05, 3.63) is 0 Å². The number of hydrogen-bond donors (Lipinski definition) is 1. The zero-order valence-corrected chi connectivity index (χ0v) is 12.9. The van der Waals surface area contributed by atoms with Crippen molar-refractivity contribution in [2.75, 3.05) is 27.2 Å². The van der Waals surface area contributed by atoms with Gasteiger partial charge in [-0.25, -0.2) is 0 Å². The third kappa shape index (κ3) is 4.75. The van der Waals surface area contributed by atoms with Crippen molar-refractivity contribution >= 4 is 5.91 Å². The first kappa shape index (κ1) is 16.4. The van der Waals surface area contributed by atoms with Crippen molar-refractivity contribution in [3.63, 3.8) is 0 Å². The molecular weight excluding hydrogens is 244 g/mol. The van der Waals surface area contributed by atoms with Gasteiger partial charge in [-0.15, -0.1) is 0 Å². The van der Waals surface area contributed by atoms with E-state index in [1.165, 1.54) is 0 Å². The fourth-order valence-electron chi connectivity index (χ4n) is 2.46. The molecule has 0 spiro atoms. The summed E-state index contributed by atoms with van der Waals surface area (Å²) in [6.45, 7) is 9.75. The summed E-state index contributed by atoms with van der Waals surface area (Å²) in [7, 11) is 1.58. The molecule has 19 heavy (non-hydrogen) atoms. The van der Waals surface area contributed by atoms with E-state index in [0.717, 1.165) is 19.4 Å². The Morgan fingerprint density at radius 2 is 2.16 bits per heavy atom. The van der Waals surface area contributed by atoms with Crippen molar-refractivity contribution in [3.8, 4) is 0 Å². The van der Waals surface area contributed by atoms with E-state index in [1.54, 1.807) is 7.11 Å². The molecule has 1 saturated heterocycles. The molecule has 1 rings (SSSR count). The number of carbonyl (C=O) groups excluding carboxylic acids is 1. The van der Waals surface area contributed by atoms with Gasteiger partial charge in [0.2, 0.25) is 5.91 Å². The van der Waals surface area contributed by atoms with Crippen LogP contribution in [0.3, 0.4) is 0 Å². The summed E-state index contributed by atoms with van der Waals surface area (Å²) >= 11 is 0. The summed E-state index contributed by atoms with van der Waals surface area (Å²) in [6.07, 6.45) is 2.20. The Labute approximate surface area is 116 Å². The highest BCUT2D eigenvalue weighted by atomic mass is 16.7. The number of hydrogen-bond acceptors (Lipinski definition) is 4. The highest BCUT2D eigenvalue weighted by molar-refractivity contribution is 5.83. The standard InChI is InChI=1S/C14H28N2O3/c1-11-7-6-8-16(11)13(17)12(14(2,3)4)15-9-19-10-18-5/h11-12,15H,6-10H2,1-5H3/t11-,12-/m1/s1. The lowest BCUT2D eigenvalue weighted by atomic mass is 9.86. The van der Waals surface area contributed by atoms with Gasteiger partial charge in [0.1, 0.15) is 13.5 Å². The molecule has 0 unspecified atom stereocenters. The number of carbonyl (C=O) groups is 1. The molecule has 2 atom stereocenters. The monoisotopic (exact) mass is 272 g/mol. The van der Waals surface area contributed by atoms with E-state index in [4.69, 9.17) is 9.47 Å². The van der Waals surface area contributed by atoms with Crippen LogP contribution in [0.1, 0.15) is 40.5 Å². The average molecular weight is 272 g/mol. The highest BCUT2D eigenvalue weighted by Gasteiger charge is 2.37. The predicted molar refractivity (Wildman–Crippen MR) is 74.6 cm³/mol. The van der Waals surface area contributed by atoms with Gasteiger partial charge in [0.05, 0.1) is 6.04 Å². The van der Waals surface area contributed by atoms with E-state index < -0.39 is 0 Å². The molecule has 1 fully saturated rings. The summed E-state index contributed by atoms with van der Waals surface area (Å²) in [5, 5.41) is 3.20. The van der Waals surface area contributed by atoms with Gasteiger partial charge >= 0.3 is 0 Å². The van der Waals surface area contributed by atoms with Gasteiger partial charge in [-0.05, 0) is 25.2 Å². The van der Waals surface area contributed by atoms with Crippen molar-refractivity contribution in [1.82, 2.24) is 10.2 Å². The molecule has 5 nitrogen and oxygen atoms in total. The maximum Gasteiger partial charge on any atom is 0.240 e. The van der Waals surface area contributed by atoms with Crippen LogP contribution in [0.15, 0.2) is 0 Å². The van der Waals surface area contributed by atoms with Crippen LogP contribution in [0.5, 0.6) is 0 Å². The SMILES string of the molecule is COCOCN[C@H](C(=O)N1CCC[C@H]1C)C(C)(C)C. The van der Waals surface area contributed by atoms with E-state index in [-0.39, 0.29) is 24.2 Å². The lowest BCUT2D eigenvalue weighted by Crippen LogP contribution is -2.54. The summed E-state index contributed by atoms with van der Waals surface area (Å²) in [4.78, 5) is 14.6. The second-order valence-corrected chi connectivity index (χ2v) is 6.28. The van der Waals surface area contributed by atoms with E-state index in [9.17, 15) is 4.79 Å². The van der Waals surface area contributed by atoms with Crippen LogP contribution in [0.4, 0.5) is 0 Å². The largest absolute Gasteiger partial charge is 0.359 e. The van der Waals surface area contributed by atoms with Crippen molar-refractivity contribution in [1.29, 1.82) is 0 Å². The lowest BCUT2D eigenvalue weighted by molar-refractivity contribution is -0.138. The summed E-state index contributed by atoms with van der Waals surface area (Å²) < 4.78 is 10.1. The number of rotatable bonds is 6. The maximum atomic E-state index is 12.6. The Morgan fingerprint density at radius 3 is 2.63 bits per heavy atom. The zero-order chi connectivity index (χ0) is 14.5. The average Bonchev–Trinajstić information content (AvgIpc) is 2.73. The summed E-state index contributed by atoms with van der Waals surface area (Å²) in [5.41, 5.74) is -0.143. The van der Waals surface area contributed by atoms with E-state index in [2.05, 4.69) is 33.0 Å². The summed E-state index contributed by atoms with van der Waals surface area (Å²) in [5.74, 6) is 0.179. The third-order valence-electron chi connectivity index (χ3n) is 3.54. The van der Waals surface area contributed by atoms with Gasteiger partial charge in [0.15, 0.2) is 0 Å². The molecule has 0 bridgehead atoms. The predicted octanol–water partition coefficient (Wildman–Crippen LogP) is 1.58. The zero-order valence-electron chi connectivity index (χ0n) is 12.9. The first-order valence-corrected chi connectivity index (χ1v) is 6.98. The Bertz CT molecular complexity index is 289. The smallest absolute Gasteiger partial charge is 0.240 e. The molecule has 112 valence electrons. The Kier molecular flexibility index (Phi) is 6.23. The Morgan fingerprint density at radius 1 is 1.47 bits per heavy atom. The van der Waals surface area contributed by atoms with Gasteiger partial charge in [0.25, 0.3) is 0 Å². The molecule has 0 aromatic carbocycles. The van der Waals surface area contributed by atoms with Crippen molar-refractivity contribution in [2.45, 2.75) is 52.6 Å². The molecule has 1 heterocycles. The van der Waals surface area contributed by atoms with Gasteiger partial charge in [-0.3, -0.25) is 10.1 Å². The van der Waals surface area contributed by atoms with Gasteiger partial charge in [-0.2, -0.15) is 0 Å². The quantitative estimate of drug-likeness (QED) is 0.589. The van der Waals surface area contributed by atoms with Crippen LogP contribution in [-0.2, 0) is 14.3 Å². The van der Waals surface area contributed by atoms with E-state index in [0.29, 0.717) is 12.8 Å². The molecule has 0 aliphatic carbocycles. The summed E-state index contributed by atoms with van der Waals surface area (Å²) in [6, 6.07) is 0.115. The fraction of sp³-hybridized carbons (Fsp3) is 0.929. The number of nitrogens with zero attached hydrogens (tertiary/aromatic N) is 1. The van der Waals surface area contributed by atoms with Crippen LogP contribution in [0.2, 0.25) is 0 Å². The minimum atomic E-state index is -0.232. The van der Waals surface area contributed by atoms with Crippen molar-refractivity contribution in [2.24, 2.45) is 5.41 Å². The Balaban J connectivity index is 2.60. The minimum absolute atomic E-state index is 0.143. The van der Waals surface area contributed by atoms with Crippen LogP contribution >= 0.6 is 0 Å². The molecular formula is C14H28N2O3. The van der Waals surface area contributed by atoms with E-state index in [1.807, 2.05) is 4.90 Å². The molecule has 1 N–H and O–H groups in total. The molecule has 0 saturated carbocycles. The van der Waals surface area contributed by atoms with Gasteiger partial charge in [-0.1, -0.05) is 20.8 Å². The van der Waals surface area contributed by atoms with Crippen LogP contribution in [-0.4, -0.2) is 50.1 Å². The molecule has 0 aromatic rings. The van der Waals surface area contributed by atoms with E-state index >= 15 is 0 Å². The van der Waals surface area contributed by atoms with Gasteiger partial charge in [0, 0.05) is 19.7 Å². The second-order valence-electron chi connectivity index (χ2n) is 6.28. The maximum absolute atomic E-state index is 12.6. The van der Waals surface area contributed by atoms with Crippen LogP contribution in [0.25, 0.3) is 0 Å². The number of nitrogens with one attached hydrogen (secondary N) is 1. The van der Waals surface area contributed by atoms with Gasteiger partial charge < -0.3 is 14.4 Å². The number of likely N-dealkylation sites (tertiary alicyclic amines) is 1. The first-order valence-electron chi connectivity index (χ1n) is 6.98. The normalized spacial score (nSPS) is 21.7. The second kappa shape index (κ2) is 7.22. The molecule has 1 aliphatic rings.